The van der Waals surface area contributed by atoms with Gasteiger partial charge in [-0.05, 0) is 25.2 Å². The Bertz CT molecular complexity index is 485. The van der Waals surface area contributed by atoms with E-state index in [1.807, 2.05) is 12.1 Å². The molecule has 7 heteroatoms. The fourth-order valence-corrected chi connectivity index (χ4v) is 2.20. The van der Waals surface area contributed by atoms with E-state index in [9.17, 15) is 4.79 Å². The highest BCUT2D eigenvalue weighted by Gasteiger charge is 2.10. The summed E-state index contributed by atoms with van der Waals surface area (Å²) in [5.74, 6) is -0.414. The highest BCUT2D eigenvalue weighted by molar-refractivity contribution is 5.87. The molecule has 0 aliphatic carbocycles. The van der Waals surface area contributed by atoms with Gasteiger partial charge in [0.1, 0.15) is 5.69 Å². The van der Waals surface area contributed by atoms with Crippen LogP contribution in [-0.2, 0) is 20.8 Å². The predicted molar refractivity (Wildman–Crippen MR) is 96.7 cm³/mol. The summed E-state index contributed by atoms with van der Waals surface area (Å²) >= 11 is 0. The lowest BCUT2D eigenvalue weighted by Gasteiger charge is -2.20. The average Bonchev–Trinajstić information content (AvgIpc) is 2.65. The van der Waals surface area contributed by atoms with Crippen molar-refractivity contribution in [2.75, 3.05) is 59.7 Å². The second-order valence-electron chi connectivity index (χ2n) is 5.45. The van der Waals surface area contributed by atoms with Crippen LogP contribution in [0, 0.1) is 0 Å². The highest BCUT2D eigenvalue weighted by Crippen LogP contribution is 2.05. The van der Waals surface area contributed by atoms with E-state index >= 15 is 0 Å². The molecule has 1 N–H and O–H groups in total. The number of methoxy groups -OCH3 is 1. The van der Waals surface area contributed by atoms with Gasteiger partial charge in [-0.1, -0.05) is 19.9 Å². The molecule has 0 fully saturated rings. The predicted octanol–water partition coefficient (Wildman–Crippen LogP) is 1.33. The van der Waals surface area contributed by atoms with Gasteiger partial charge in [-0.15, -0.1) is 0 Å². The third-order valence-electron chi connectivity index (χ3n) is 3.63. The van der Waals surface area contributed by atoms with E-state index in [1.54, 1.807) is 6.07 Å². The van der Waals surface area contributed by atoms with Crippen molar-refractivity contribution in [3.63, 3.8) is 0 Å². The maximum absolute atomic E-state index is 11.5. The standard InChI is InChI=1S/C18H31N3O4/c1-4-19-9-11-24-13-14-25-12-10-21(5-2)15-16-7-6-8-17(20-16)18(22)23-3/h6-8,19H,4-5,9-15H2,1-3H3. The number of ether oxygens (including phenoxy) is 3. The van der Waals surface area contributed by atoms with Crippen molar-refractivity contribution in [1.29, 1.82) is 0 Å². The Labute approximate surface area is 150 Å². The molecule has 0 aliphatic heterocycles. The first-order valence-electron chi connectivity index (χ1n) is 8.84. The van der Waals surface area contributed by atoms with Crippen molar-refractivity contribution in [3.05, 3.63) is 29.6 Å². The number of carbonyl (C=O) groups is 1. The van der Waals surface area contributed by atoms with E-state index in [4.69, 9.17) is 14.2 Å². The van der Waals surface area contributed by atoms with Gasteiger partial charge in [-0.25, -0.2) is 9.78 Å². The van der Waals surface area contributed by atoms with Crippen LogP contribution < -0.4 is 5.32 Å². The molecular weight excluding hydrogens is 322 g/mol. The van der Waals surface area contributed by atoms with Crippen LogP contribution in [0.2, 0.25) is 0 Å². The average molecular weight is 353 g/mol. The van der Waals surface area contributed by atoms with E-state index in [-0.39, 0.29) is 0 Å². The van der Waals surface area contributed by atoms with Crippen molar-refractivity contribution in [2.24, 2.45) is 0 Å². The Balaban J connectivity index is 2.23. The summed E-state index contributed by atoms with van der Waals surface area (Å²) in [7, 11) is 1.36. The van der Waals surface area contributed by atoms with E-state index in [1.165, 1.54) is 7.11 Å². The Morgan fingerprint density at radius 3 is 2.60 bits per heavy atom. The fourth-order valence-electron chi connectivity index (χ4n) is 2.20. The van der Waals surface area contributed by atoms with Crippen molar-refractivity contribution in [1.82, 2.24) is 15.2 Å². The topological polar surface area (TPSA) is 72.9 Å². The highest BCUT2D eigenvalue weighted by atomic mass is 16.5. The van der Waals surface area contributed by atoms with Crippen LogP contribution >= 0.6 is 0 Å². The first-order valence-corrected chi connectivity index (χ1v) is 8.84. The zero-order valence-electron chi connectivity index (χ0n) is 15.6. The summed E-state index contributed by atoms with van der Waals surface area (Å²) in [6, 6.07) is 5.39. The number of likely N-dealkylation sites (N-methyl/N-ethyl adjacent to an activating group) is 2. The molecule has 1 aromatic rings. The molecule has 1 rings (SSSR count). The van der Waals surface area contributed by atoms with Crippen molar-refractivity contribution < 1.29 is 19.0 Å². The Hall–Kier alpha value is -1.54. The molecule has 0 unspecified atom stereocenters. The third-order valence-corrected chi connectivity index (χ3v) is 3.63. The smallest absolute Gasteiger partial charge is 0.356 e. The van der Waals surface area contributed by atoms with Crippen molar-refractivity contribution in [2.45, 2.75) is 20.4 Å². The molecule has 1 heterocycles. The van der Waals surface area contributed by atoms with E-state index in [2.05, 4.69) is 29.0 Å². The normalized spacial score (nSPS) is 11.0. The molecule has 0 spiro atoms. The van der Waals surface area contributed by atoms with Gasteiger partial charge < -0.3 is 19.5 Å². The van der Waals surface area contributed by atoms with Gasteiger partial charge >= 0.3 is 5.97 Å². The van der Waals surface area contributed by atoms with Crippen LogP contribution in [0.15, 0.2) is 18.2 Å². The molecular formula is C18H31N3O4. The lowest BCUT2D eigenvalue weighted by molar-refractivity contribution is 0.0392. The molecule has 1 aromatic heterocycles. The van der Waals surface area contributed by atoms with Crippen LogP contribution in [0.3, 0.4) is 0 Å². The number of carbonyl (C=O) groups excluding carboxylic acids is 1. The SMILES string of the molecule is CCNCCOCCOCCN(CC)Cc1cccc(C(=O)OC)n1. The Morgan fingerprint density at radius 1 is 1.16 bits per heavy atom. The number of nitrogens with one attached hydrogen (secondary N) is 1. The van der Waals surface area contributed by atoms with Gasteiger partial charge in [-0.2, -0.15) is 0 Å². The van der Waals surface area contributed by atoms with Crippen LogP contribution in [0.25, 0.3) is 0 Å². The summed E-state index contributed by atoms with van der Waals surface area (Å²) in [4.78, 5) is 18.1. The summed E-state index contributed by atoms with van der Waals surface area (Å²) < 4.78 is 15.8. The van der Waals surface area contributed by atoms with Crippen LogP contribution in [-0.4, -0.2) is 75.6 Å². The van der Waals surface area contributed by atoms with Gasteiger partial charge in [0.2, 0.25) is 0 Å². The van der Waals surface area contributed by atoms with E-state index < -0.39 is 5.97 Å². The molecule has 0 saturated heterocycles. The lowest BCUT2D eigenvalue weighted by Crippen LogP contribution is -2.28. The second-order valence-corrected chi connectivity index (χ2v) is 5.45. The van der Waals surface area contributed by atoms with Crippen LogP contribution in [0.1, 0.15) is 30.0 Å². The van der Waals surface area contributed by atoms with E-state index in [0.29, 0.717) is 38.7 Å². The zero-order chi connectivity index (χ0) is 18.3. The number of aromatic nitrogens is 1. The number of hydrogen-bond acceptors (Lipinski definition) is 7. The quantitative estimate of drug-likeness (QED) is 0.400. The van der Waals surface area contributed by atoms with Crippen LogP contribution in [0.4, 0.5) is 0 Å². The molecule has 0 radical (unpaired) electrons. The number of hydrogen-bond donors (Lipinski definition) is 1. The molecule has 0 amide bonds. The number of esters is 1. The summed E-state index contributed by atoms with van der Waals surface area (Å²) in [5.41, 5.74) is 1.18. The number of pyridine rings is 1. The van der Waals surface area contributed by atoms with Gasteiger partial charge in [0, 0.05) is 19.6 Å². The van der Waals surface area contributed by atoms with Crippen molar-refractivity contribution >= 4 is 5.97 Å². The minimum absolute atomic E-state index is 0.335. The lowest BCUT2D eigenvalue weighted by atomic mass is 10.3. The summed E-state index contributed by atoms with van der Waals surface area (Å²) in [6.07, 6.45) is 0. The molecule has 0 atom stereocenters. The molecule has 0 saturated carbocycles. The molecule has 0 aliphatic rings. The maximum atomic E-state index is 11.5. The van der Waals surface area contributed by atoms with Crippen LogP contribution in [0.5, 0.6) is 0 Å². The van der Waals surface area contributed by atoms with Crippen molar-refractivity contribution in [3.8, 4) is 0 Å². The van der Waals surface area contributed by atoms with Gasteiger partial charge in [-0.3, -0.25) is 4.90 Å². The molecule has 142 valence electrons. The Morgan fingerprint density at radius 2 is 1.92 bits per heavy atom. The van der Waals surface area contributed by atoms with Gasteiger partial charge in [0.05, 0.1) is 39.2 Å². The number of nitrogens with zero attached hydrogens (tertiary/aromatic N) is 2. The molecule has 25 heavy (non-hydrogen) atoms. The summed E-state index contributed by atoms with van der Waals surface area (Å²) in [5, 5.41) is 3.20. The third kappa shape index (κ3) is 9.50. The van der Waals surface area contributed by atoms with E-state index in [0.717, 1.165) is 31.9 Å². The van der Waals surface area contributed by atoms with Gasteiger partial charge in [0.25, 0.3) is 0 Å². The minimum Gasteiger partial charge on any atom is -0.464 e. The summed E-state index contributed by atoms with van der Waals surface area (Å²) in [6.45, 7) is 10.9. The molecule has 7 nitrogen and oxygen atoms in total. The number of rotatable bonds is 14. The molecule has 0 bridgehead atoms. The molecule has 0 aromatic carbocycles. The fraction of sp³-hybridized carbons (Fsp3) is 0.667. The Kier molecular flexibility index (Phi) is 11.8. The monoisotopic (exact) mass is 353 g/mol. The second kappa shape index (κ2) is 13.7. The first kappa shape index (κ1) is 21.5. The minimum atomic E-state index is -0.414. The largest absolute Gasteiger partial charge is 0.464 e. The first-order chi connectivity index (χ1) is 12.2. The maximum Gasteiger partial charge on any atom is 0.356 e. The zero-order valence-corrected chi connectivity index (χ0v) is 15.6. The van der Waals surface area contributed by atoms with Gasteiger partial charge in [0.15, 0.2) is 0 Å².